The lowest BCUT2D eigenvalue weighted by Gasteiger charge is -2.34. The fourth-order valence-electron chi connectivity index (χ4n) is 4.71. The number of para-hydroxylation sites is 1. The molecule has 0 bridgehead atoms. The van der Waals surface area contributed by atoms with Gasteiger partial charge >= 0.3 is 0 Å². The first-order chi connectivity index (χ1) is 18.4. The van der Waals surface area contributed by atoms with Crippen LogP contribution in [-0.4, -0.2) is 41.3 Å². The van der Waals surface area contributed by atoms with Crippen LogP contribution in [0.3, 0.4) is 0 Å². The molecule has 1 aliphatic heterocycles. The zero-order chi connectivity index (χ0) is 26.7. The molecular formula is C29H27Cl2N5O2. The lowest BCUT2D eigenvalue weighted by Crippen LogP contribution is -2.37. The Labute approximate surface area is 231 Å². The van der Waals surface area contributed by atoms with Crippen molar-refractivity contribution in [2.24, 2.45) is 0 Å². The van der Waals surface area contributed by atoms with Crippen molar-refractivity contribution in [3.63, 3.8) is 0 Å². The SMILES string of the molecule is COCC#Cc1cn(-c2c(Cl)cccc2Cl)c(=O)c2cnc(Nc3ccc(C4(C)CCNCC4)cc3)nc12. The Morgan fingerprint density at radius 3 is 2.53 bits per heavy atom. The molecule has 0 aliphatic carbocycles. The van der Waals surface area contributed by atoms with E-state index in [2.05, 4.69) is 51.5 Å². The van der Waals surface area contributed by atoms with Gasteiger partial charge < -0.3 is 15.4 Å². The third kappa shape index (κ3) is 5.27. The van der Waals surface area contributed by atoms with Gasteiger partial charge in [-0.3, -0.25) is 9.36 Å². The number of fused-ring (bicyclic) bond motifs is 1. The second-order valence-corrected chi connectivity index (χ2v) is 10.3. The molecule has 9 heteroatoms. The van der Waals surface area contributed by atoms with Gasteiger partial charge in [0.2, 0.25) is 5.95 Å². The van der Waals surface area contributed by atoms with Crippen LogP contribution in [0, 0.1) is 11.8 Å². The van der Waals surface area contributed by atoms with Gasteiger partial charge in [-0.15, -0.1) is 0 Å². The highest BCUT2D eigenvalue weighted by Crippen LogP contribution is 2.34. The van der Waals surface area contributed by atoms with Crippen molar-refractivity contribution < 1.29 is 4.74 Å². The number of nitrogens with zero attached hydrogens (tertiary/aromatic N) is 3. The topological polar surface area (TPSA) is 81.1 Å². The van der Waals surface area contributed by atoms with Gasteiger partial charge in [-0.2, -0.15) is 0 Å². The van der Waals surface area contributed by atoms with Crippen molar-refractivity contribution in [1.82, 2.24) is 19.9 Å². The summed E-state index contributed by atoms with van der Waals surface area (Å²) in [4.78, 5) is 22.6. The van der Waals surface area contributed by atoms with Gasteiger partial charge in [0.15, 0.2) is 0 Å². The Hall–Kier alpha value is -3.41. The number of ether oxygens (including phenoxy) is 1. The molecule has 0 spiro atoms. The second-order valence-electron chi connectivity index (χ2n) is 9.49. The van der Waals surface area contributed by atoms with E-state index in [4.69, 9.17) is 27.9 Å². The highest BCUT2D eigenvalue weighted by molar-refractivity contribution is 6.37. The number of aromatic nitrogens is 3. The van der Waals surface area contributed by atoms with Gasteiger partial charge in [0, 0.05) is 25.2 Å². The average molecular weight is 548 g/mol. The molecule has 4 aromatic rings. The Balaban J connectivity index is 1.53. The molecule has 3 heterocycles. The fraction of sp³-hybridized carbons (Fsp3) is 0.276. The van der Waals surface area contributed by atoms with E-state index in [1.165, 1.54) is 16.3 Å². The van der Waals surface area contributed by atoms with Crippen molar-refractivity contribution >= 4 is 45.7 Å². The molecular weight excluding hydrogens is 521 g/mol. The molecule has 2 aromatic heterocycles. The normalized spacial score (nSPS) is 14.6. The summed E-state index contributed by atoms with van der Waals surface area (Å²) in [5.74, 6) is 6.36. The Morgan fingerprint density at radius 1 is 1.13 bits per heavy atom. The van der Waals surface area contributed by atoms with Crippen LogP contribution in [0.1, 0.15) is 30.9 Å². The number of nitrogens with one attached hydrogen (secondary N) is 2. The van der Waals surface area contributed by atoms with Gasteiger partial charge in [0.05, 0.1) is 32.2 Å². The molecule has 1 fully saturated rings. The zero-order valence-electron chi connectivity index (χ0n) is 21.1. The van der Waals surface area contributed by atoms with Gasteiger partial charge in [-0.25, -0.2) is 9.97 Å². The van der Waals surface area contributed by atoms with Crippen molar-refractivity contribution in [2.75, 3.05) is 32.1 Å². The van der Waals surface area contributed by atoms with Crippen molar-refractivity contribution in [1.29, 1.82) is 0 Å². The second kappa shape index (κ2) is 11.1. The summed E-state index contributed by atoms with van der Waals surface area (Å²) < 4.78 is 6.47. The molecule has 38 heavy (non-hydrogen) atoms. The van der Waals surface area contributed by atoms with E-state index >= 15 is 0 Å². The van der Waals surface area contributed by atoms with E-state index < -0.39 is 0 Å². The van der Waals surface area contributed by atoms with E-state index in [9.17, 15) is 4.79 Å². The zero-order valence-corrected chi connectivity index (χ0v) is 22.7. The first kappa shape index (κ1) is 26.2. The summed E-state index contributed by atoms with van der Waals surface area (Å²) in [7, 11) is 1.57. The number of rotatable bonds is 5. The number of halogens is 2. The molecule has 0 amide bonds. The molecule has 194 valence electrons. The summed E-state index contributed by atoms with van der Waals surface area (Å²) in [5, 5.41) is 7.67. The molecule has 2 N–H and O–H groups in total. The number of piperidine rings is 1. The number of pyridine rings is 1. The maximum Gasteiger partial charge on any atom is 0.266 e. The molecule has 0 radical (unpaired) electrons. The highest BCUT2D eigenvalue weighted by atomic mass is 35.5. The van der Waals surface area contributed by atoms with Crippen LogP contribution in [-0.2, 0) is 10.2 Å². The number of benzene rings is 2. The minimum absolute atomic E-state index is 0.170. The summed E-state index contributed by atoms with van der Waals surface area (Å²) >= 11 is 12.8. The molecule has 2 aromatic carbocycles. The number of hydrogen-bond acceptors (Lipinski definition) is 6. The Kier molecular flexibility index (Phi) is 7.68. The number of anilines is 2. The summed E-state index contributed by atoms with van der Waals surface area (Å²) in [6, 6.07) is 13.5. The Morgan fingerprint density at radius 2 is 1.84 bits per heavy atom. The van der Waals surface area contributed by atoms with Crippen molar-refractivity contribution in [3.8, 4) is 17.5 Å². The maximum absolute atomic E-state index is 13.5. The smallest absolute Gasteiger partial charge is 0.266 e. The van der Waals surface area contributed by atoms with E-state index in [0.717, 1.165) is 31.6 Å². The predicted octanol–water partition coefficient (Wildman–Crippen LogP) is 5.47. The van der Waals surface area contributed by atoms with Crippen LogP contribution in [0.15, 0.2) is 59.7 Å². The van der Waals surface area contributed by atoms with Crippen LogP contribution in [0.4, 0.5) is 11.6 Å². The third-order valence-corrected chi connectivity index (χ3v) is 7.52. The first-order valence-corrected chi connectivity index (χ1v) is 13.1. The van der Waals surface area contributed by atoms with E-state index in [1.807, 2.05) is 12.1 Å². The minimum atomic E-state index is -0.349. The average Bonchev–Trinajstić information content (AvgIpc) is 2.91. The number of methoxy groups -OCH3 is 1. The van der Waals surface area contributed by atoms with Crippen LogP contribution in [0.25, 0.3) is 16.6 Å². The molecule has 1 saturated heterocycles. The highest BCUT2D eigenvalue weighted by Gasteiger charge is 2.28. The largest absolute Gasteiger partial charge is 0.372 e. The molecule has 5 rings (SSSR count). The molecule has 7 nitrogen and oxygen atoms in total. The molecule has 0 atom stereocenters. The van der Waals surface area contributed by atoms with Crippen LogP contribution < -0.4 is 16.2 Å². The third-order valence-electron chi connectivity index (χ3n) is 6.91. The van der Waals surface area contributed by atoms with Crippen molar-refractivity contribution in [3.05, 3.63) is 86.4 Å². The summed E-state index contributed by atoms with van der Waals surface area (Å²) in [5.41, 5.74) is 3.32. The van der Waals surface area contributed by atoms with Crippen LogP contribution in [0.2, 0.25) is 10.0 Å². The van der Waals surface area contributed by atoms with Gasteiger partial charge in [0.1, 0.15) is 6.61 Å². The van der Waals surface area contributed by atoms with Gasteiger partial charge in [0.25, 0.3) is 5.56 Å². The van der Waals surface area contributed by atoms with Crippen molar-refractivity contribution in [2.45, 2.75) is 25.2 Å². The minimum Gasteiger partial charge on any atom is -0.372 e. The molecule has 0 unspecified atom stereocenters. The quantitative estimate of drug-likeness (QED) is 0.322. The molecule has 0 saturated carbocycles. The standard InChI is InChI=1S/C29H27Cl2N5O2/c1-29(12-14-32-15-13-29)20-8-10-21(11-9-20)34-28-33-17-22-25(35-28)19(5-4-16-38-2)18-36(27(22)37)26-23(30)6-3-7-24(26)31/h3,6-11,17-18,32H,12-16H2,1-2H3,(H,33,34,35). The maximum atomic E-state index is 13.5. The van der Waals surface area contributed by atoms with E-state index in [1.54, 1.807) is 31.5 Å². The van der Waals surface area contributed by atoms with Crippen LogP contribution >= 0.6 is 23.2 Å². The van der Waals surface area contributed by atoms with E-state index in [0.29, 0.717) is 38.1 Å². The Bertz CT molecular complexity index is 1580. The monoisotopic (exact) mass is 547 g/mol. The lowest BCUT2D eigenvalue weighted by atomic mass is 9.75. The fourth-order valence-corrected chi connectivity index (χ4v) is 5.29. The van der Waals surface area contributed by atoms with Gasteiger partial charge in [-0.05, 0) is 61.2 Å². The summed E-state index contributed by atoms with van der Waals surface area (Å²) in [6.45, 7) is 4.60. The van der Waals surface area contributed by atoms with Crippen LogP contribution in [0.5, 0.6) is 0 Å². The number of hydrogen-bond donors (Lipinski definition) is 2. The lowest BCUT2D eigenvalue weighted by molar-refractivity contribution is 0.240. The predicted molar refractivity (Wildman–Crippen MR) is 153 cm³/mol. The summed E-state index contributed by atoms with van der Waals surface area (Å²) in [6.07, 6.45) is 5.32. The first-order valence-electron chi connectivity index (χ1n) is 12.3. The van der Waals surface area contributed by atoms with Gasteiger partial charge in [-0.1, -0.05) is 60.2 Å². The molecule has 1 aliphatic rings. The van der Waals surface area contributed by atoms with E-state index in [-0.39, 0.29) is 17.6 Å².